The highest BCUT2D eigenvalue weighted by atomic mass is 17.2. The number of hydrogen-bond acceptors (Lipinski definition) is 11. The van der Waals surface area contributed by atoms with E-state index in [-0.39, 0.29) is 36.8 Å². The van der Waals surface area contributed by atoms with Gasteiger partial charge in [-0.2, -0.15) is 0 Å². The van der Waals surface area contributed by atoms with Crippen LogP contribution < -0.4 is 0 Å². The number of esters is 1. The van der Waals surface area contributed by atoms with Gasteiger partial charge in [0.05, 0.1) is 69.1 Å². The van der Waals surface area contributed by atoms with Gasteiger partial charge in [-0.1, -0.05) is 25.7 Å². The van der Waals surface area contributed by atoms with Crippen molar-refractivity contribution in [3.63, 3.8) is 0 Å². The molecule has 5 rings (SSSR count). The molecule has 5 aliphatic rings. The second-order valence-corrected chi connectivity index (χ2v) is 17.3. The Morgan fingerprint density at radius 3 is 1.72 bits per heavy atom. The Bertz CT molecular complexity index is 1220. The lowest BCUT2D eigenvalue weighted by atomic mass is 9.77. The topological polar surface area (TPSA) is 166 Å². The number of terminal acetylenes is 1. The van der Waals surface area contributed by atoms with Gasteiger partial charge in [-0.05, 0) is 133 Å². The fraction of sp³-hybridized carbons (Fsp3) is 0.886. The number of hydrogen-bond donors (Lipinski definition) is 2. The normalized spacial score (nSPS) is 32.5. The van der Waals surface area contributed by atoms with Gasteiger partial charge < -0.3 is 38.6 Å². The smallest absolute Gasteiger partial charge is 0.310 e. The van der Waals surface area contributed by atoms with Gasteiger partial charge in [-0.15, -0.1) is 0 Å². The summed E-state index contributed by atoms with van der Waals surface area (Å²) in [4.78, 5) is 48.2. The maximum atomic E-state index is 12.9. The van der Waals surface area contributed by atoms with Crippen molar-refractivity contribution in [1.82, 2.24) is 0 Å². The number of aliphatic carboxylic acids is 2. The molecule has 57 heavy (non-hydrogen) atoms. The SMILES string of the molecule is C#COC1CCC(C(=O)OC2CCC(CCOCCOCCC3CCC(OOCC4CCC(OCCOC5CCCCC5)CC4C(=O)O)CC3)CC2)C(C(=O)O)C1. The number of carboxylic acid groups (broad SMARTS) is 2. The monoisotopic (exact) mass is 806 g/mol. The number of ether oxygens (including phenoxy) is 6. The third-order valence-corrected chi connectivity index (χ3v) is 13.3. The van der Waals surface area contributed by atoms with Crippen molar-refractivity contribution >= 4 is 17.9 Å². The molecule has 0 aliphatic heterocycles. The minimum Gasteiger partial charge on any atom is -0.481 e. The second kappa shape index (κ2) is 25.2. The number of carbonyl (C=O) groups excluding carboxylic acids is 1. The summed E-state index contributed by atoms with van der Waals surface area (Å²) in [6.07, 6.45) is 26.0. The van der Waals surface area contributed by atoms with Gasteiger partial charge in [0.2, 0.25) is 0 Å². The van der Waals surface area contributed by atoms with E-state index in [1.807, 2.05) is 0 Å². The standard InChI is InChI=1S/C44H70O13/c1-2-52-37-18-19-39(41(29-37)43(47)48)44(49)56-35-13-8-31(9-14-35)20-22-50-24-25-51-23-21-32-10-15-36(16-11-32)57-55-30-33-12-17-38(28-40(33)42(45)46)54-27-26-53-34-6-4-3-5-7-34/h1,31-41H,3-30H2,(H,45,46)(H,47,48). The Balaban J connectivity index is 0.820. The highest BCUT2D eigenvalue weighted by molar-refractivity contribution is 5.81. The van der Waals surface area contributed by atoms with Crippen molar-refractivity contribution in [2.24, 2.45) is 35.5 Å². The van der Waals surface area contributed by atoms with Gasteiger partial charge in [0, 0.05) is 13.2 Å². The molecular formula is C44H70O13. The molecule has 324 valence electrons. The van der Waals surface area contributed by atoms with Crippen LogP contribution in [-0.4, -0.2) is 105 Å². The minimum atomic E-state index is -1.01. The van der Waals surface area contributed by atoms with Crippen molar-refractivity contribution in [1.29, 1.82) is 0 Å². The highest BCUT2D eigenvalue weighted by Crippen LogP contribution is 2.36. The molecule has 5 aliphatic carbocycles. The largest absolute Gasteiger partial charge is 0.481 e. The third kappa shape index (κ3) is 15.9. The van der Waals surface area contributed by atoms with Crippen LogP contribution in [0.2, 0.25) is 0 Å². The van der Waals surface area contributed by atoms with E-state index in [1.165, 1.54) is 19.3 Å². The summed E-state index contributed by atoms with van der Waals surface area (Å²) in [5, 5.41) is 19.6. The Morgan fingerprint density at radius 2 is 1.11 bits per heavy atom. The molecule has 0 aromatic heterocycles. The summed E-state index contributed by atoms with van der Waals surface area (Å²) < 4.78 is 34.7. The van der Waals surface area contributed by atoms with Gasteiger partial charge in [0.1, 0.15) is 18.3 Å². The van der Waals surface area contributed by atoms with Crippen LogP contribution in [0, 0.1) is 48.0 Å². The number of rotatable bonds is 23. The third-order valence-electron chi connectivity index (χ3n) is 13.3. The molecule has 0 spiro atoms. The summed E-state index contributed by atoms with van der Waals surface area (Å²) in [5.41, 5.74) is 0. The summed E-state index contributed by atoms with van der Waals surface area (Å²) in [6, 6.07) is 0. The van der Waals surface area contributed by atoms with Crippen LogP contribution in [-0.2, 0) is 52.6 Å². The maximum absolute atomic E-state index is 12.9. The van der Waals surface area contributed by atoms with E-state index in [1.54, 1.807) is 0 Å². The lowest BCUT2D eigenvalue weighted by Gasteiger charge is -2.34. The average molecular weight is 807 g/mol. The van der Waals surface area contributed by atoms with E-state index in [0.29, 0.717) is 83.5 Å². The van der Waals surface area contributed by atoms with Crippen LogP contribution in [0.1, 0.15) is 135 Å². The van der Waals surface area contributed by atoms with Crippen LogP contribution >= 0.6 is 0 Å². The van der Waals surface area contributed by atoms with Gasteiger partial charge in [0.25, 0.3) is 0 Å². The zero-order chi connectivity index (χ0) is 40.2. The lowest BCUT2D eigenvalue weighted by Crippen LogP contribution is -2.40. The Morgan fingerprint density at radius 1 is 0.544 bits per heavy atom. The van der Waals surface area contributed by atoms with Crippen molar-refractivity contribution in [2.45, 2.75) is 165 Å². The van der Waals surface area contributed by atoms with Gasteiger partial charge >= 0.3 is 17.9 Å². The highest BCUT2D eigenvalue weighted by Gasteiger charge is 2.42. The molecule has 0 radical (unpaired) electrons. The van der Waals surface area contributed by atoms with Crippen molar-refractivity contribution in [3.05, 3.63) is 0 Å². The zero-order valence-electron chi connectivity index (χ0n) is 34.1. The van der Waals surface area contributed by atoms with Gasteiger partial charge in [0.15, 0.2) is 0 Å². The number of carbonyl (C=O) groups is 3. The average Bonchev–Trinajstić information content (AvgIpc) is 3.22. The molecule has 6 atom stereocenters. The Hall–Kier alpha value is -2.47. The molecular weight excluding hydrogens is 736 g/mol. The van der Waals surface area contributed by atoms with Crippen LogP contribution in [0.5, 0.6) is 0 Å². The zero-order valence-corrected chi connectivity index (χ0v) is 34.1. The summed E-state index contributed by atoms with van der Waals surface area (Å²) in [6.45, 7) is 3.92. The first kappa shape index (κ1) is 45.6. The minimum absolute atomic E-state index is 0.0463. The van der Waals surface area contributed by atoms with E-state index in [9.17, 15) is 24.6 Å². The van der Waals surface area contributed by atoms with Gasteiger partial charge in [-0.25, -0.2) is 9.78 Å². The summed E-state index contributed by atoms with van der Waals surface area (Å²) in [7, 11) is 0. The maximum Gasteiger partial charge on any atom is 0.310 e. The van der Waals surface area contributed by atoms with Crippen molar-refractivity contribution < 1.29 is 62.8 Å². The predicted octanol–water partition coefficient (Wildman–Crippen LogP) is 7.12. The second-order valence-electron chi connectivity index (χ2n) is 17.3. The van der Waals surface area contributed by atoms with E-state index in [4.69, 9.17) is 44.6 Å². The molecule has 0 heterocycles. The van der Waals surface area contributed by atoms with Crippen LogP contribution in [0.15, 0.2) is 0 Å². The van der Waals surface area contributed by atoms with Crippen LogP contribution in [0.25, 0.3) is 0 Å². The molecule has 6 unspecified atom stereocenters. The van der Waals surface area contributed by atoms with E-state index >= 15 is 0 Å². The van der Waals surface area contributed by atoms with Crippen LogP contribution in [0.4, 0.5) is 0 Å². The first-order valence-corrected chi connectivity index (χ1v) is 22.2. The van der Waals surface area contributed by atoms with Crippen LogP contribution in [0.3, 0.4) is 0 Å². The summed E-state index contributed by atoms with van der Waals surface area (Å²) in [5.74, 6) is -3.14. The molecule has 13 heteroatoms. The molecule has 13 nitrogen and oxygen atoms in total. The lowest BCUT2D eigenvalue weighted by molar-refractivity contribution is -0.337. The molecule has 0 aromatic carbocycles. The molecule has 5 fully saturated rings. The predicted molar refractivity (Wildman–Crippen MR) is 209 cm³/mol. The molecule has 5 saturated carbocycles. The van der Waals surface area contributed by atoms with Gasteiger partial charge in [-0.3, -0.25) is 14.4 Å². The number of carboxylic acids is 2. The fourth-order valence-electron chi connectivity index (χ4n) is 9.75. The first-order valence-electron chi connectivity index (χ1n) is 22.2. The summed E-state index contributed by atoms with van der Waals surface area (Å²) >= 11 is 0. The van der Waals surface area contributed by atoms with E-state index in [0.717, 1.165) is 89.9 Å². The molecule has 2 N–H and O–H groups in total. The molecule has 0 bridgehead atoms. The van der Waals surface area contributed by atoms with Crippen molar-refractivity contribution in [2.75, 3.05) is 46.2 Å². The Kier molecular flexibility index (Phi) is 20.2. The molecule has 0 amide bonds. The van der Waals surface area contributed by atoms with E-state index < -0.39 is 35.7 Å². The quantitative estimate of drug-likeness (QED) is 0.0353. The fourth-order valence-corrected chi connectivity index (χ4v) is 9.75. The van der Waals surface area contributed by atoms with E-state index in [2.05, 4.69) is 6.11 Å². The molecule has 0 saturated heterocycles. The molecule has 0 aromatic rings. The first-order chi connectivity index (χ1) is 27.8. The van der Waals surface area contributed by atoms with Crippen molar-refractivity contribution in [3.8, 4) is 12.5 Å². The Labute approximate surface area is 339 Å².